The van der Waals surface area contributed by atoms with Crippen LogP contribution in [0.15, 0.2) is 18.2 Å². The SMILES string of the molecule is CC(C)(C)OC(=O)N(CC1CC1CCO)c1ccc(Cl)c(Cl)c1. The summed E-state index contributed by atoms with van der Waals surface area (Å²) in [5.74, 6) is 0.844. The van der Waals surface area contributed by atoms with Crippen LogP contribution in [0.3, 0.4) is 0 Å². The van der Waals surface area contributed by atoms with Crippen molar-refractivity contribution in [2.45, 2.75) is 39.2 Å². The first-order chi connectivity index (χ1) is 10.7. The van der Waals surface area contributed by atoms with Crippen LogP contribution in [0, 0.1) is 11.8 Å². The molecule has 1 N–H and O–H groups in total. The first-order valence-electron chi connectivity index (χ1n) is 7.77. The van der Waals surface area contributed by atoms with E-state index in [1.807, 2.05) is 20.8 Å². The standard InChI is InChI=1S/C17H23Cl2NO3/c1-17(2,3)23-16(22)20(10-12-8-11(12)6-7-21)13-4-5-14(18)15(19)9-13/h4-5,9,11-12,21H,6-8,10H2,1-3H3. The Morgan fingerprint density at radius 3 is 2.57 bits per heavy atom. The molecule has 1 aliphatic carbocycles. The highest BCUT2D eigenvalue weighted by atomic mass is 35.5. The molecule has 6 heteroatoms. The summed E-state index contributed by atoms with van der Waals surface area (Å²) in [7, 11) is 0. The summed E-state index contributed by atoms with van der Waals surface area (Å²) in [6, 6.07) is 5.12. The summed E-state index contributed by atoms with van der Waals surface area (Å²) in [5.41, 5.74) is 0.0999. The van der Waals surface area contributed by atoms with E-state index < -0.39 is 11.7 Å². The van der Waals surface area contributed by atoms with Crippen LogP contribution >= 0.6 is 23.2 Å². The lowest BCUT2D eigenvalue weighted by molar-refractivity contribution is 0.0578. The van der Waals surface area contributed by atoms with E-state index >= 15 is 0 Å². The van der Waals surface area contributed by atoms with Gasteiger partial charge in [0.2, 0.25) is 0 Å². The Labute approximate surface area is 147 Å². The molecule has 1 aromatic carbocycles. The predicted octanol–water partition coefficient (Wildman–Crippen LogP) is 4.75. The van der Waals surface area contributed by atoms with E-state index in [1.54, 1.807) is 23.1 Å². The third-order valence-corrected chi connectivity index (χ3v) is 4.55. The summed E-state index contributed by atoms with van der Waals surface area (Å²) in [4.78, 5) is 14.2. The van der Waals surface area contributed by atoms with Crippen LogP contribution in [0.1, 0.15) is 33.6 Å². The summed E-state index contributed by atoms with van der Waals surface area (Å²) >= 11 is 12.0. The fourth-order valence-corrected chi connectivity index (χ4v) is 2.84. The van der Waals surface area contributed by atoms with Crippen LogP contribution in [0.4, 0.5) is 10.5 Å². The van der Waals surface area contributed by atoms with E-state index in [9.17, 15) is 4.79 Å². The zero-order valence-electron chi connectivity index (χ0n) is 13.7. The predicted molar refractivity (Wildman–Crippen MR) is 93.3 cm³/mol. The van der Waals surface area contributed by atoms with E-state index in [1.165, 1.54) is 0 Å². The van der Waals surface area contributed by atoms with Gasteiger partial charge in [0.1, 0.15) is 5.60 Å². The normalized spacial score (nSPS) is 20.3. The van der Waals surface area contributed by atoms with Gasteiger partial charge in [-0.15, -0.1) is 0 Å². The van der Waals surface area contributed by atoms with Gasteiger partial charge in [0.15, 0.2) is 0 Å². The smallest absolute Gasteiger partial charge is 0.414 e. The lowest BCUT2D eigenvalue weighted by Crippen LogP contribution is -2.38. The van der Waals surface area contributed by atoms with Gasteiger partial charge in [0.05, 0.1) is 10.0 Å². The maximum Gasteiger partial charge on any atom is 0.414 e. The van der Waals surface area contributed by atoms with Crippen molar-refractivity contribution < 1.29 is 14.6 Å². The molecule has 128 valence electrons. The quantitative estimate of drug-likeness (QED) is 0.824. The molecule has 0 spiro atoms. The van der Waals surface area contributed by atoms with Crippen molar-refractivity contribution in [2.24, 2.45) is 11.8 Å². The molecule has 0 aromatic heterocycles. The van der Waals surface area contributed by atoms with Gasteiger partial charge in [0.25, 0.3) is 0 Å². The molecule has 1 saturated carbocycles. The molecule has 0 heterocycles. The van der Waals surface area contributed by atoms with Gasteiger partial charge in [-0.3, -0.25) is 4.90 Å². The Balaban J connectivity index is 2.17. The number of hydrogen-bond acceptors (Lipinski definition) is 3. The van der Waals surface area contributed by atoms with Gasteiger partial charge in [-0.25, -0.2) is 4.79 Å². The highest BCUT2D eigenvalue weighted by Crippen LogP contribution is 2.42. The van der Waals surface area contributed by atoms with Crippen molar-refractivity contribution in [1.82, 2.24) is 0 Å². The lowest BCUT2D eigenvalue weighted by atomic mass is 10.2. The number of carbonyl (C=O) groups excluding carboxylic acids is 1. The molecule has 4 nitrogen and oxygen atoms in total. The number of aliphatic hydroxyl groups excluding tert-OH is 1. The van der Waals surface area contributed by atoms with Gasteiger partial charge >= 0.3 is 6.09 Å². The summed E-state index contributed by atoms with van der Waals surface area (Å²) < 4.78 is 5.51. The Morgan fingerprint density at radius 2 is 2.00 bits per heavy atom. The molecule has 1 aliphatic rings. The minimum Gasteiger partial charge on any atom is -0.443 e. The third kappa shape index (κ3) is 5.27. The fourth-order valence-electron chi connectivity index (χ4n) is 2.54. The van der Waals surface area contributed by atoms with Crippen LogP contribution in [0.5, 0.6) is 0 Å². The van der Waals surface area contributed by atoms with Gasteiger partial charge in [-0.05, 0) is 63.6 Å². The minimum absolute atomic E-state index is 0.181. The van der Waals surface area contributed by atoms with Crippen molar-refractivity contribution in [1.29, 1.82) is 0 Å². The van der Waals surface area contributed by atoms with Crippen LogP contribution < -0.4 is 4.90 Å². The molecular formula is C17H23Cl2NO3. The summed E-state index contributed by atoms with van der Waals surface area (Å²) in [5, 5.41) is 9.89. The molecule has 2 atom stereocenters. The zero-order chi connectivity index (χ0) is 17.2. The van der Waals surface area contributed by atoms with Crippen molar-refractivity contribution in [3.63, 3.8) is 0 Å². The van der Waals surface area contributed by atoms with Crippen LogP contribution in [-0.2, 0) is 4.74 Å². The molecule has 0 aliphatic heterocycles. The molecule has 2 unspecified atom stereocenters. The molecule has 0 bridgehead atoms. The number of rotatable bonds is 5. The number of anilines is 1. The molecule has 2 rings (SSSR count). The second-order valence-electron chi connectivity index (χ2n) is 6.96. The van der Waals surface area contributed by atoms with Crippen LogP contribution in [-0.4, -0.2) is 30.0 Å². The van der Waals surface area contributed by atoms with Gasteiger partial charge in [0, 0.05) is 18.8 Å². The number of aliphatic hydroxyl groups is 1. The van der Waals surface area contributed by atoms with E-state index in [0.29, 0.717) is 34.1 Å². The number of hydrogen-bond donors (Lipinski definition) is 1. The summed E-state index contributed by atoms with van der Waals surface area (Å²) in [6.07, 6.45) is 1.39. The monoisotopic (exact) mass is 359 g/mol. The molecule has 0 radical (unpaired) electrons. The number of carbonyl (C=O) groups is 1. The minimum atomic E-state index is -0.570. The van der Waals surface area contributed by atoms with Crippen molar-refractivity contribution in [3.05, 3.63) is 28.2 Å². The van der Waals surface area contributed by atoms with Crippen molar-refractivity contribution >= 4 is 35.0 Å². The fraction of sp³-hybridized carbons (Fsp3) is 0.588. The highest BCUT2D eigenvalue weighted by molar-refractivity contribution is 6.42. The van der Waals surface area contributed by atoms with Crippen LogP contribution in [0.2, 0.25) is 10.0 Å². The Hall–Kier alpha value is -0.970. The summed E-state index contributed by atoms with van der Waals surface area (Å²) in [6.45, 7) is 6.24. The highest BCUT2D eigenvalue weighted by Gasteiger charge is 2.39. The number of amides is 1. The van der Waals surface area contributed by atoms with E-state index in [0.717, 1.165) is 12.8 Å². The third-order valence-electron chi connectivity index (χ3n) is 3.81. The molecule has 1 fully saturated rings. The van der Waals surface area contributed by atoms with Gasteiger partial charge in [-0.2, -0.15) is 0 Å². The van der Waals surface area contributed by atoms with E-state index in [4.69, 9.17) is 33.0 Å². The second-order valence-corrected chi connectivity index (χ2v) is 7.77. The maximum absolute atomic E-state index is 12.6. The van der Waals surface area contributed by atoms with Crippen molar-refractivity contribution in [3.8, 4) is 0 Å². The molecule has 0 saturated heterocycles. The molecule has 1 aromatic rings. The molecule has 1 amide bonds. The average Bonchev–Trinajstić information content (AvgIpc) is 3.16. The van der Waals surface area contributed by atoms with Crippen molar-refractivity contribution in [2.75, 3.05) is 18.1 Å². The van der Waals surface area contributed by atoms with E-state index in [-0.39, 0.29) is 6.61 Å². The molecule has 23 heavy (non-hydrogen) atoms. The number of nitrogens with zero attached hydrogens (tertiary/aromatic N) is 1. The maximum atomic E-state index is 12.6. The Bertz CT molecular complexity index is 571. The first kappa shape index (κ1) is 18.4. The van der Waals surface area contributed by atoms with Gasteiger partial charge in [-0.1, -0.05) is 23.2 Å². The Kier molecular flexibility index (Phi) is 5.82. The number of ether oxygens (including phenoxy) is 1. The average molecular weight is 360 g/mol. The number of halogens is 2. The lowest BCUT2D eigenvalue weighted by Gasteiger charge is -2.28. The molecular weight excluding hydrogens is 337 g/mol. The van der Waals surface area contributed by atoms with Crippen LogP contribution in [0.25, 0.3) is 0 Å². The topological polar surface area (TPSA) is 49.8 Å². The Morgan fingerprint density at radius 1 is 1.30 bits per heavy atom. The van der Waals surface area contributed by atoms with Gasteiger partial charge < -0.3 is 9.84 Å². The number of benzene rings is 1. The van der Waals surface area contributed by atoms with E-state index in [2.05, 4.69) is 0 Å². The zero-order valence-corrected chi connectivity index (χ0v) is 15.2. The largest absolute Gasteiger partial charge is 0.443 e. The second kappa shape index (κ2) is 7.29. The first-order valence-corrected chi connectivity index (χ1v) is 8.53.